The molecule has 2 atom stereocenters. The molecule has 1 heterocycles. The van der Waals surface area contributed by atoms with Crippen molar-refractivity contribution in [1.29, 1.82) is 0 Å². The minimum atomic E-state index is 0. The van der Waals surface area contributed by atoms with Crippen molar-refractivity contribution >= 4 is 11.9 Å². The Kier molecular flexibility index (Phi) is 31.7. The molecular formula is C41H81NO4. The summed E-state index contributed by atoms with van der Waals surface area (Å²) in [6, 6.07) is 0. The van der Waals surface area contributed by atoms with Crippen LogP contribution in [-0.4, -0.2) is 50.2 Å². The van der Waals surface area contributed by atoms with Crippen molar-refractivity contribution in [3.8, 4) is 0 Å². The van der Waals surface area contributed by atoms with Gasteiger partial charge in [-0.25, -0.2) is 0 Å². The first kappa shape index (κ1) is 44.9. The molecule has 0 bridgehead atoms. The highest BCUT2D eigenvalue weighted by Crippen LogP contribution is 2.23. The summed E-state index contributed by atoms with van der Waals surface area (Å²) in [6.07, 6.45) is 32.5. The average Bonchev–Trinajstić information content (AvgIpc) is 3.04. The monoisotopic (exact) mass is 652 g/mol. The average molecular weight is 652 g/mol. The van der Waals surface area contributed by atoms with E-state index in [0.717, 1.165) is 38.8 Å². The van der Waals surface area contributed by atoms with Gasteiger partial charge in [-0.05, 0) is 76.9 Å². The zero-order valence-electron chi connectivity index (χ0n) is 30.7. The molecule has 0 N–H and O–H groups in total. The Morgan fingerprint density at radius 1 is 0.565 bits per heavy atom. The molecule has 1 aliphatic rings. The summed E-state index contributed by atoms with van der Waals surface area (Å²) in [5.74, 6) is 1.20. The molecule has 2 unspecified atom stereocenters. The Labute approximate surface area is 288 Å². The maximum Gasteiger partial charge on any atom is 0.309 e. The van der Waals surface area contributed by atoms with E-state index >= 15 is 0 Å². The lowest BCUT2D eigenvalue weighted by atomic mass is 9.94. The van der Waals surface area contributed by atoms with Crippen molar-refractivity contribution in [2.45, 2.75) is 202 Å². The number of carbonyl (C=O) groups excluding carboxylic acids is 2. The molecular weight excluding hydrogens is 570 g/mol. The van der Waals surface area contributed by atoms with Gasteiger partial charge in [-0.2, -0.15) is 0 Å². The number of hydrogen-bond donors (Lipinski definition) is 0. The Morgan fingerprint density at radius 2 is 0.957 bits per heavy atom. The van der Waals surface area contributed by atoms with Crippen LogP contribution in [-0.2, 0) is 19.1 Å². The summed E-state index contributed by atoms with van der Waals surface area (Å²) < 4.78 is 11.6. The van der Waals surface area contributed by atoms with Crippen LogP contribution in [0.3, 0.4) is 0 Å². The van der Waals surface area contributed by atoms with E-state index in [1.165, 1.54) is 141 Å². The SMILES string of the molecule is C.CCCCCCCCCCC(CCCCCCCCC(=O)OCC(CCCC)CCCCCC)COC(=O)C1CCN(C)CC1. The molecule has 5 heteroatoms. The molecule has 46 heavy (non-hydrogen) atoms. The lowest BCUT2D eigenvalue weighted by molar-refractivity contribution is -0.151. The molecule has 0 aromatic carbocycles. The fraction of sp³-hybridized carbons (Fsp3) is 0.951. The second kappa shape index (κ2) is 32.4. The van der Waals surface area contributed by atoms with Crippen molar-refractivity contribution in [3.63, 3.8) is 0 Å². The summed E-state index contributed by atoms with van der Waals surface area (Å²) in [7, 11) is 2.14. The highest BCUT2D eigenvalue weighted by molar-refractivity contribution is 5.72. The molecule has 1 fully saturated rings. The normalized spacial score (nSPS) is 15.3. The fourth-order valence-corrected chi connectivity index (χ4v) is 6.80. The van der Waals surface area contributed by atoms with Crippen LogP contribution in [0.4, 0.5) is 0 Å². The van der Waals surface area contributed by atoms with E-state index in [0.29, 0.717) is 31.5 Å². The van der Waals surface area contributed by atoms with E-state index < -0.39 is 0 Å². The zero-order chi connectivity index (χ0) is 32.8. The highest BCUT2D eigenvalue weighted by Gasteiger charge is 2.25. The second-order valence-electron chi connectivity index (χ2n) is 14.5. The van der Waals surface area contributed by atoms with Gasteiger partial charge in [0.05, 0.1) is 19.1 Å². The van der Waals surface area contributed by atoms with Crippen LogP contribution in [0.15, 0.2) is 0 Å². The zero-order valence-corrected chi connectivity index (χ0v) is 30.7. The first-order valence-electron chi connectivity index (χ1n) is 20.0. The lowest BCUT2D eigenvalue weighted by Gasteiger charge is -2.28. The quantitative estimate of drug-likeness (QED) is 0.0551. The van der Waals surface area contributed by atoms with E-state index in [2.05, 4.69) is 32.7 Å². The highest BCUT2D eigenvalue weighted by atomic mass is 16.5. The third-order valence-electron chi connectivity index (χ3n) is 10.1. The van der Waals surface area contributed by atoms with Gasteiger partial charge in [0.2, 0.25) is 0 Å². The van der Waals surface area contributed by atoms with E-state index in [1.807, 2.05) is 0 Å². The summed E-state index contributed by atoms with van der Waals surface area (Å²) in [6.45, 7) is 10.0. The van der Waals surface area contributed by atoms with E-state index in [9.17, 15) is 9.59 Å². The lowest BCUT2D eigenvalue weighted by Crippen LogP contribution is -2.34. The van der Waals surface area contributed by atoms with Crippen LogP contribution in [0.5, 0.6) is 0 Å². The summed E-state index contributed by atoms with van der Waals surface area (Å²) in [5.41, 5.74) is 0. The summed E-state index contributed by atoms with van der Waals surface area (Å²) in [4.78, 5) is 27.4. The maximum absolute atomic E-state index is 12.7. The topological polar surface area (TPSA) is 55.8 Å². The summed E-state index contributed by atoms with van der Waals surface area (Å²) >= 11 is 0. The fourth-order valence-electron chi connectivity index (χ4n) is 6.80. The van der Waals surface area contributed by atoms with Crippen LogP contribution in [0, 0.1) is 17.8 Å². The Balaban J connectivity index is 0.0000202. The standard InChI is InChI=1S/C40H77NO4.CH4/c1-5-8-11-13-14-15-18-22-27-37(35-45-40(43)38-30-32-41(4)33-31-38)28-23-19-16-17-20-24-29-39(42)44-34-36(25-10-7-3)26-21-12-9-6-2;/h36-38H,5-35H2,1-4H3;1H4. The van der Waals surface area contributed by atoms with Crippen molar-refractivity contribution in [2.24, 2.45) is 17.8 Å². The Bertz CT molecular complexity index is 675. The van der Waals surface area contributed by atoms with E-state index in [1.54, 1.807) is 0 Å². The minimum absolute atomic E-state index is 0. The maximum atomic E-state index is 12.7. The van der Waals surface area contributed by atoms with Gasteiger partial charge in [0, 0.05) is 6.42 Å². The smallest absolute Gasteiger partial charge is 0.309 e. The van der Waals surface area contributed by atoms with Crippen molar-refractivity contribution in [1.82, 2.24) is 4.90 Å². The van der Waals surface area contributed by atoms with Crippen molar-refractivity contribution < 1.29 is 19.1 Å². The molecule has 0 aromatic rings. The van der Waals surface area contributed by atoms with Crippen molar-refractivity contribution in [3.05, 3.63) is 0 Å². The molecule has 1 saturated heterocycles. The van der Waals surface area contributed by atoms with Crippen LogP contribution >= 0.6 is 0 Å². The van der Waals surface area contributed by atoms with Gasteiger partial charge >= 0.3 is 11.9 Å². The van der Waals surface area contributed by atoms with Crippen LogP contribution in [0.2, 0.25) is 0 Å². The number of rotatable bonds is 31. The molecule has 5 nitrogen and oxygen atoms in total. The number of ether oxygens (including phenoxy) is 2. The van der Waals surface area contributed by atoms with Gasteiger partial charge < -0.3 is 14.4 Å². The number of nitrogens with zero attached hydrogens (tertiary/aromatic N) is 1. The Hall–Kier alpha value is -1.10. The van der Waals surface area contributed by atoms with E-state index in [4.69, 9.17) is 9.47 Å². The van der Waals surface area contributed by atoms with Gasteiger partial charge in [0.25, 0.3) is 0 Å². The predicted molar refractivity (Wildman–Crippen MR) is 198 cm³/mol. The number of esters is 2. The third-order valence-corrected chi connectivity index (χ3v) is 10.1. The molecule has 0 aromatic heterocycles. The predicted octanol–water partition coefficient (Wildman–Crippen LogP) is 12.1. The minimum Gasteiger partial charge on any atom is -0.465 e. The first-order valence-corrected chi connectivity index (χ1v) is 20.0. The largest absolute Gasteiger partial charge is 0.465 e. The molecule has 0 amide bonds. The summed E-state index contributed by atoms with van der Waals surface area (Å²) in [5, 5.41) is 0. The first-order chi connectivity index (χ1) is 22.0. The molecule has 1 rings (SSSR count). The van der Waals surface area contributed by atoms with Crippen LogP contribution < -0.4 is 0 Å². The van der Waals surface area contributed by atoms with Gasteiger partial charge in [-0.15, -0.1) is 0 Å². The number of unbranched alkanes of at least 4 members (excludes halogenated alkanes) is 16. The van der Waals surface area contributed by atoms with Crippen LogP contribution in [0.25, 0.3) is 0 Å². The van der Waals surface area contributed by atoms with Gasteiger partial charge in [-0.3, -0.25) is 9.59 Å². The Morgan fingerprint density at radius 3 is 1.46 bits per heavy atom. The number of piperidine rings is 1. The number of likely N-dealkylation sites (tertiary alicyclic amines) is 1. The molecule has 0 spiro atoms. The third kappa shape index (κ3) is 25.9. The molecule has 1 aliphatic heterocycles. The molecule has 274 valence electrons. The van der Waals surface area contributed by atoms with Gasteiger partial charge in [0.15, 0.2) is 0 Å². The number of hydrogen-bond acceptors (Lipinski definition) is 5. The van der Waals surface area contributed by atoms with Gasteiger partial charge in [0.1, 0.15) is 0 Å². The van der Waals surface area contributed by atoms with Crippen molar-refractivity contribution in [2.75, 3.05) is 33.4 Å². The van der Waals surface area contributed by atoms with Crippen LogP contribution in [0.1, 0.15) is 202 Å². The molecule has 0 radical (unpaired) electrons. The second-order valence-corrected chi connectivity index (χ2v) is 14.5. The molecule has 0 saturated carbocycles. The molecule has 0 aliphatic carbocycles. The van der Waals surface area contributed by atoms with E-state index in [-0.39, 0.29) is 25.3 Å². The van der Waals surface area contributed by atoms with Gasteiger partial charge in [-0.1, -0.05) is 150 Å². The number of carbonyl (C=O) groups is 2.